The maximum atomic E-state index is 11.7. The molecule has 0 aliphatic heterocycles. The highest BCUT2D eigenvalue weighted by molar-refractivity contribution is 5.90. The highest BCUT2D eigenvalue weighted by Crippen LogP contribution is 2.14. The third kappa shape index (κ3) is 7.39. The van der Waals surface area contributed by atoms with Gasteiger partial charge in [0, 0.05) is 0 Å². The minimum Gasteiger partial charge on any atom is -0.409 e. The Morgan fingerprint density at radius 1 is 1.59 bits per heavy atom. The molecule has 0 aliphatic carbocycles. The van der Waals surface area contributed by atoms with Gasteiger partial charge in [0.05, 0.1) is 6.04 Å². The van der Waals surface area contributed by atoms with E-state index in [1.807, 2.05) is 0 Å². The Morgan fingerprint density at radius 2 is 2.18 bits per heavy atom. The summed E-state index contributed by atoms with van der Waals surface area (Å²) in [4.78, 5) is 11.1. The molecule has 0 saturated carbocycles. The van der Waals surface area contributed by atoms with Gasteiger partial charge in [0.15, 0.2) is 5.84 Å². The summed E-state index contributed by atoms with van der Waals surface area (Å²) in [6.45, 7) is -0.588. The zero-order chi connectivity index (χ0) is 13.5. The van der Waals surface area contributed by atoms with Gasteiger partial charge in [-0.1, -0.05) is 12.1 Å². The Labute approximate surface area is 95.6 Å². The molecular weight excluding hydrogens is 243 g/mol. The quantitative estimate of drug-likeness (QED) is 0.274. The average molecular weight is 257 g/mol. The van der Waals surface area contributed by atoms with Crippen LogP contribution in [0.3, 0.4) is 0 Å². The van der Waals surface area contributed by atoms with Gasteiger partial charge in [-0.15, -0.1) is 0 Å². The van der Waals surface area contributed by atoms with Gasteiger partial charge in [-0.3, -0.25) is 4.79 Å². The van der Waals surface area contributed by atoms with Crippen molar-refractivity contribution < 1.29 is 27.9 Å². The Morgan fingerprint density at radius 3 is 2.59 bits per heavy atom. The largest absolute Gasteiger partial charge is 0.411 e. The van der Waals surface area contributed by atoms with E-state index in [0.29, 0.717) is 6.42 Å². The number of halogens is 3. The number of hydrogen-bond donors (Lipinski definition) is 3. The minimum absolute atomic E-state index is 0.225. The fourth-order valence-electron chi connectivity index (χ4n) is 0.950. The van der Waals surface area contributed by atoms with Crippen LogP contribution >= 0.6 is 0 Å². The predicted molar refractivity (Wildman–Crippen MR) is 52.5 cm³/mol. The number of amides is 1. The number of alkyl halides is 3. The number of ether oxygens (including phenoxy) is 1. The second kappa shape index (κ2) is 6.94. The van der Waals surface area contributed by atoms with Gasteiger partial charge in [0.2, 0.25) is 5.91 Å². The molecule has 0 aromatic heterocycles. The van der Waals surface area contributed by atoms with Crippen molar-refractivity contribution in [3.05, 3.63) is 0 Å². The van der Waals surface area contributed by atoms with Gasteiger partial charge in [0.1, 0.15) is 13.2 Å². The van der Waals surface area contributed by atoms with Gasteiger partial charge in [-0.05, 0) is 6.42 Å². The van der Waals surface area contributed by atoms with Crippen LogP contribution in [-0.2, 0) is 9.53 Å². The molecule has 0 aliphatic rings. The molecule has 1 atom stereocenters. The van der Waals surface area contributed by atoms with Crippen LogP contribution in [-0.4, -0.2) is 42.4 Å². The Bertz CT molecular complexity index is 281. The highest BCUT2D eigenvalue weighted by atomic mass is 19.4. The fourth-order valence-corrected chi connectivity index (χ4v) is 0.950. The molecule has 0 bridgehead atoms. The lowest BCUT2D eigenvalue weighted by Crippen LogP contribution is -2.45. The van der Waals surface area contributed by atoms with Crippen LogP contribution in [0.15, 0.2) is 5.16 Å². The Balaban J connectivity index is 4.00. The molecule has 0 aromatic rings. The molecule has 0 aromatic carbocycles. The van der Waals surface area contributed by atoms with Gasteiger partial charge in [0.25, 0.3) is 0 Å². The highest BCUT2D eigenvalue weighted by Gasteiger charge is 2.28. The van der Waals surface area contributed by atoms with Crippen molar-refractivity contribution in [2.75, 3.05) is 13.2 Å². The van der Waals surface area contributed by atoms with E-state index in [4.69, 9.17) is 10.9 Å². The third-order valence-corrected chi connectivity index (χ3v) is 1.71. The van der Waals surface area contributed by atoms with E-state index in [-0.39, 0.29) is 5.84 Å². The summed E-state index contributed by atoms with van der Waals surface area (Å²) in [5.74, 6) is -0.996. The van der Waals surface area contributed by atoms with Gasteiger partial charge >= 0.3 is 6.18 Å². The number of rotatable bonds is 6. The molecule has 17 heavy (non-hydrogen) atoms. The molecule has 0 fully saturated rings. The van der Waals surface area contributed by atoms with E-state index >= 15 is 0 Å². The van der Waals surface area contributed by atoms with Crippen LogP contribution in [0.2, 0.25) is 0 Å². The van der Waals surface area contributed by atoms with E-state index in [9.17, 15) is 18.0 Å². The lowest BCUT2D eigenvalue weighted by Gasteiger charge is -2.15. The van der Waals surface area contributed by atoms with Crippen molar-refractivity contribution in [3.8, 4) is 0 Å². The molecule has 0 radical (unpaired) electrons. The number of hydrogen-bond acceptors (Lipinski definition) is 4. The summed E-state index contributed by atoms with van der Waals surface area (Å²) >= 11 is 0. The molecule has 0 spiro atoms. The topological polar surface area (TPSA) is 96.9 Å². The molecular formula is C8H14F3N3O3. The number of nitrogens with one attached hydrogen (secondary N) is 1. The number of oxime groups is 1. The Hall–Kier alpha value is -1.51. The molecule has 100 valence electrons. The van der Waals surface area contributed by atoms with E-state index in [0.717, 1.165) is 0 Å². The Kier molecular flexibility index (Phi) is 6.33. The van der Waals surface area contributed by atoms with Crippen molar-refractivity contribution in [1.82, 2.24) is 5.32 Å². The number of amidine groups is 1. The zero-order valence-electron chi connectivity index (χ0n) is 9.12. The summed E-state index contributed by atoms with van der Waals surface area (Å²) in [5, 5.41) is 13.3. The number of carbonyl (C=O) groups is 1. The molecule has 4 N–H and O–H groups in total. The van der Waals surface area contributed by atoms with Crippen LogP contribution in [0.4, 0.5) is 13.2 Å². The lowest BCUT2D eigenvalue weighted by atomic mass is 10.2. The summed E-state index contributed by atoms with van der Waals surface area (Å²) in [5.41, 5.74) is 5.24. The fraction of sp³-hybridized carbons (Fsp3) is 0.750. The standard InChI is InChI=1S/C8H14F3N3O3/c1-2-5(7(12)14-16)13-6(15)3-17-4-8(9,10)11/h5,16H,2-4H2,1H3,(H2,12,14)(H,13,15). The normalized spacial score (nSPS) is 14.5. The molecule has 0 saturated heterocycles. The monoisotopic (exact) mass is 257 g/mol. The predicted octanol–water partition coefficient (Wildman–Crippen LogP) is 0.206. The SMILES string of the molecule is CCC(NC(=O)COCC(F)(F)F)C(N)=NO. The third-order valence-electron chi connectivity index (χ3n) is 1.71. The van der Waals surface area contributed by atoms with Crippen molar-refractivity contribution in [2.45, 2.75) is 25.6 Å². The molecule has 1 amide bonds. The second-order valence-electron chi connectivity index (χ2n) is 3.16. The lowest BCUT2D eigenvalue weighted by molar-refractivity contribution is -0.175. The first-order valence-electron chi connectivity index (χ1n) is 4.71. The summed E-state index contributed by atoms with van der Waals surface area (Å²) < 4.78 is 39.2. The zero-order valence-corrected chi connectivity index (χ0v) is 9.12. The van der Waals surface area contributed by atoms with E-state index in [1.54, 1.807) is 6.92 Å². The summed E-state index contributed by atoms with van der Waals surface area (Å²) in [7, 11) is 0. The van der Waals surface area contributed by atoms with Gasteiger partial charge < -0.3 is 21.0 Å². The number of nitrogens with zero attached hydrogens (tertiary/aromatic N) is 1. The summed E-state index contributed by atoms with van der Waals surface area (Å²) in [6.07, 6.45) is -4.14. The van der Waals surface area contributed by atoms with Crippen LogP contribution in [0.25, 0.3) is 0 Å². The first-order valence-corrected chi connectivity index (χ1v) is 4.71. The number of carbonyl (C=O) groups excluding carboxylic acids is 1. The maximum Gasteiger partial charge on any atom is 0.411 e. The average Bonchev–Trinajstić information content (AvgIpc) is 2.23. The number of nitrogens with two attached hydrogens (primary N) is 1. The van der Waals surface area contributed by atoms with Crippen molar-refractivity contribution in [1.29, 1.82) is 0 Å². The van der Waals surface area contributed by atoms with Crippen LogP contribution < -0.4 is 11.1 Å². The van der Waals surface area contributed by atoms with Crippen molar-refractivity contribution in [3.63, 3.8) is 0 Å². The van der Waals surface area contributed by atoms with Gasteiger partial charge in [-0.2, -0.15) is 13.2 Å². The summed E-state index contributed by atoms with van der Waals surface area (Å²) in [6, 6.07) is -0.734. The van der Waals surface area contributed by atoms with Crippen molar-refractivity contribution in [2.24, 2.45) is 10.9 Å². The van der Waals surface area contributed by atoms with E-state index in [2.05, 4.69) is 15.2 Å². The molecule has 0 heterocycles. The smallest absolute Gasteiger partial charge is 0.409 e. The first-order chi connectivity index (χ1) is 7.80. The molecule has 6 nitrogen and oxygen atoms in total. The van der Waals surface area contributed by atoms with E-state index in [1.165, 1.54) is 0 Å². The van der Waals surface area contributed by atoms with Gasteiger partial charge in [-0.25, -0.2) is 0 Å². The second-order valence-corrected chi connectivity index (χ2v) is 3.16. The molecule has 1 unspecified atom stereocenters. The van der Waals surface area contributed by atoms with E-state index < -0.39 is 31.3 Å². The van der Waals surface area contributed by atoms with Crippen LogP contribution in [0, 0.1) is 0 Å². The van der Waals surface area contributed by atoms with Crippen molar-refractivity contribution >= 4 is 11.7 Å². The first kappa shape index (κ1) is 15.5. The minimum atomic E-state index is -4.48. The van der Waals surface area contributed by atoms with Crippen LogP contribution in [0.5, 0.6) is 0 Å². The molecule has 9 heteroatoms. The molecule has 0 rings (SSSR count). The van der Waals surface area contributed by atoms with Crippen LogP contribution in [0.1, 0.15) is 13.3 Å². The maximum absolute atomic E-state index is 11.7.